The van der Waals surface area contributed by atoms with E-state index >= 15 is 0 Å². The summed E-state index contributed by atoms with van der Waals surface area (Å²) in [5.41, 5.74) is 1.02. The Labute approximate surface area is 171 Å². The number of esters is 1. The van der Waals surface area contributed by atoms with Gasteiger partial charge in [0.25, 0.3) is 0 Å². The molecule has 2 rings (SSSR count). The molecule has 0 radical (unpaired) electrons. The molecule has 1 aliphatic heterocycles. The van der Waals surface area contributed by atoms with Crippen molar-refractivity contribution in [2.24, 2.45) is 0 Å². The number of rotatable bonds is 11. The number of urea groups is 1. The minimum Gasteiger partial charge on any atom is -0.491 e. The first-order valence-electron chi connectivity index (χ1n) is 9.86. The van der Waals surface area contributed by atoms with Gasteiger partial charge in [0.15, 0.2) is 0 Å². The molecule has 0 aromatic heterocycles. The molecule has 1 atom stereocenters. The van der Waals surface area contributed by atoms with Crippen molar-refractivity contribution in [3.05, 3.63) is 29.8 Å². The van der Waals surface area contributed by atoms with Crippen LogP contribution in [0.5, 0.6) is 5.75 Å². The number of ether oxygens (including phenoxy) is 3. The van der Waals surface area contributed by atoms with E-state index in [1.807, 2.05) is 24.3 Å². The van der Waals surface area contributed by atoms with Crippen LogP contribution in [0.3, 0.4) is 0 Å². The van der Waals surface area contributed by atoms with Crippen LogP contribution in [-0.2, 0) is 20.7 Å². The van der Waals surface area contributed by atoms with Crippen molar-refractivity contribution in [1.29, 1.82) is 0 Å². The van der Waals surface area contributed by atoms with Gasteiger partial charge in [0.1, 0.15) is 18.5 Å². The van der Waals surface area contributed by atoms with Crippen LogP contribution >= 0.6 is 0 Å². The van der Waals surface area contributed by atoms with E-state index in [0.29, 0.717) is 64.5 Å². The number of carbonyl (C=O) groups is 2. The minimum atomic E-state index is -0.663. The number of amides is 2. The number of carbonyl (C=O) groups excluding carboxylic acids is 2. The number of methoxy groups -OCH3 is 1. The third-order valence-corrected chi connectivity index (χ3v) is 4.47. The van der Waals surface area contributed by atoms with E-state index in [1.165, 1.54) is 7.11 Å². The molecule has 0 aliphatic carbocycles. The number of benzene rings is 1. The molecule has 29 heavy (non-hydrogen) atoms. The second-order valence-electron chi connectivity index (χ2n) is 6.72. The highest BCUT2D eigenvalue weighted by Gasteiger charge is 2.15. The Bertz CT molecular complexity index is 619. The molecule has 1 saturated heterocycles. The van der Waals surface area contributed by atoms with Crippen LogP contribution in [0.15, 0.2) is 24.3 Å². The molecular weight excluding hydrogens is 378 g/mol. The minimum absolute atomic E-state index is 0.0889. The topological polar surface area (TPSA) is 109 Å². The Kier molecular flexibility index (Phi) is 10.3. The maximum Gasteiger partial charge on any atom is 0.317 e. The van der Waals surface area contributed by atoms with Gasteiger partial charge in [-0.2, -0.15) is 0 Å². The number of morpholine rings is 1. The van der Waals surface area contributed by atoms with Gasteiger partial charge < -0.3 is 34.9 Å². The summed E-state index contributed by atoms with van der Waals surface area (Å²) < 4.78 is 15.4. The van der Waals surface area contributed by atoms with Crippen molar-refractivity contribution < 1.29 is 28.9 Å². The van der Waals surface area contributed by atoms with Crippen molar-refractivity contribution in [1.82, 2.24) is 15.5 Å². The summed E-state index contributed by atoms with van der Waals surface area (Å²) in [7, 11) is 1.38. The van der Waals surface area contributed by atoms with Crippen molar-refractivity contribution in [2.75, 3.05) is 59.7 Å². The Balaban J connectivity index is 1.53. The van der Waals surface area contributed by atoms with Gasteiger partial charge in [-0.05, 0) is 24.1 Å². The lowest BCUT2D eigenvalue weighted by Crippen LogP contribution is -2.47. The normalized spacial score (nSPS) is 14.9. The van der Waals surface area contributed by atoms with Crippen molar-refractivity contribution in [3.63, 3.8) is 0 Å². The zero-order valence-electron chi connectivity index (χ0n) is 16.9. The number of nitrogens with one attached hydrogen (secondary N) is 2. The van der Waals surface area contributed by atoms with Crippen LogP contribution in [-0.4, -0.2) is 87.8 Å². The molecule has 0 bridgehead atoms. The molecule has 162 valence electrons. The smallest absolute Gasteiger partial charge is 0.317 e. The first-order chi connectivity index (χ1) is 14.1. The fraction of sp³-hybridized carbons (Fsp3) is 0.600. The maximum absolute atomic E-state index is 11.9. The van der Waals surface area contributed by atoms with E-state index in [1.54, 1.807) is 4.90 Å². The molecule has 1 fully saturated rings. The lowest BCUT2D eigenvalue weighted by Gasteiger charge is -2.27. The molecule has 1 heterocycles. The third-order valence-electron chi connectivity index (χ3n) is 4.47. The Morgan fingerprint density at radius 3 is 2.62 bits per heavy atom. The van der Waals surface area contributed by atoms with Gasteiger partial charge in [0, 0.05) is 39.1 Å². The third kappa shape index (κ3) is 9.12. The molecular formula is C20H31N3O6. The average Bonchev–Trinajstić information content (AvgIpc) is 2.76. The van der Waals surface area contributed by atoms with Crippen molar-refractivity contribution in [3.8, 4) is 5.75 Å². The number of nitrogens with zero attached hydrogens (tertiary/aromatic N) is 1. The highest BCUT2D eigenvalue weighted by molar-refractivity contribution is 5.74. The monoisotopic (exact) mass is 409 g/mol. The zero-order valence-corrected chi connectivity index (χ0v) is 16.9. The fourth-order valence-electron chi connectivity index (χ4n) is 2.76. The second-order valence-corrected chi connectivity index (χ2v) is 6.72. The summed E-state index contributed by atoms with van der Waals surface area (Å²) in [5.74, 6) is 0.422. The Morgan fingerprint density at radius 1 is 1.21 bits per heavy atom. The molecule has 0 saturated carbocycles. The van der Waals surface area contributed by atoms with E-state index in [4.69, 9.17) is 9.47 Å². The van der Waals surface area contributed by atoms with Gasteiger partial charge in [-0.3, -0.25) is 4.79 Å². The first kappa shape index (κ1) is 22.9. The fourth-order valence-corrected chi connectivity index (χ4v) is 2.76. The molecule has 0 unspecified atom stereocenters. The van der Waals surface area contributed by atoms with Gasteiger partial charge in [-0.15, -0.1) is 0 Å². The summed E-state index contributed by atoms with van der Waals surface area (Å²) in [6.07, 6.45) is 0.291. The molecule has 2 amide bonds. The van der Waals surface area contributed by atoms with Crippen LogP contribution in [0.2, 0.25) is 0 Å². The van der Waals surface area contributed by atoms with Gasteiger partial charge in [-0.1, -0.05) is 12.1 Å². The summed E-state index contributed by atoms with van der Waals surface area (Å²) >= 11 is 0. The van der Waals surface area contributed by atoms with Crippen molar-refractivity contribution >= 4 is 12.0 Å². The van der Waals surface area contributed by atoms with Crippen LogP contribution < -0.4 is 15.4 Å². The summed E-state index contributed by atoms with van der Waals surface area (Å²) in [5, 5.41) is 15.9. The van der Waals surface area contributed by atoms with E-state index in [2.05, 4.69) is 15.4 Å². The first-order valence-corrected chi connectivity index (χ1v) is 9.86. The molecule has 9 heteroatoms. The number of hydrogen-bond acceptors (Lipinski definition) is 7. The van der Waals surface area contributed by atoms with E-state index in [0.717, 1.165) is 5.56 Å². The zero-order chi connectivity index (χ0) is 20.9. The Morgan fingerprint density at radius 2 is 1.93 bits per heavy atom. The van der Waals surface area contributed by atoms with Crippen LogP contribution in [0.1, 0.15) is 12.0 Å². The number of aliphatic hydroxyl groups is 1. The molecule has 1 aromatic rings. The van der Waals surface area contributed by atoms with Gasteiger partial charge >= 0.3 is 12.0 Å². The van der Waals surface area contributed by atoms with Crippen LogP contribution in [0.25, 0.3) is 0 Å². The van der Waals surface area contributed by atoms with E-state index < -0.39 is 6.10 Å². The maximum atomic E-state index is 11.9. The summed E-state index contributed by atoms with van der Waals surface area (Å²) in [6.45, 7) is 3.95. The van der Waals surface area contributed by atoms with Crippen LogP contribution in [0.4, 0.5) is 4.79 Å². The predicted octanol–water partition coefficient (Wildman–Crippen LogP) is 0.163. The summed E-state index contributed by atoms with van der Waals surface area (Å²) in [4.78, 5) is 24.8. The average molecular weight is 409 g/mol. The van der Waals surface area contributed by atoms with Crippen LogP contribution in [0, 0.1) is 0 Å². The molecule has 3 N–H and O–H groups in total. The van der Waals surface area contributed by atoms with E-state index in [-0.39, 0.29) is 18.6 Å². The number of aliphatic hydroxyl groups excluding tert-OH is 1. The van der Waals surface area contributed by atoms with Gasteiger partial charge in [0.05, 0.1) is 20.3 Å². The Hall–Kier alpha value is -2.36. The summed E-state index contributed by atoms with van der Waals surface area (Å²) in [6, 6.07) is 7.32. The lowest BCUT2D eigenvalue weighted by atomic mass is 10.1. The van der Waals surface area contributed by atoms with Crippen molar-refractivity contribution in [2.45, 2.75) is 18.9 Å². The quantitative estimate of drug-likeness (QED) is 0.353. The SMILES string of the molecule is COC(=O)CCc1ccc(OC[C@H](O)CNCCNC(=O)N2CCOCC2)cc1. The number of aryl methyl sites for hydroxylation is 1. The largest absolute Gasteiger partial charge is 0.491 e. The highest BCUT2D eigenvalue weighted by atomic mass is 16.5. The molecule has 1 aromatic carbocycles. The lowest BCUT2D eigenvalue weighted by molar-refractivity contribution is -0.140. The molecule has 9 nitrogen and oxygen atoms in total. The van der Waals surface area contributed by atoms with Gasteiger partial charge in [-0.25, -0.2) is 4.79 Å². The second kappa shape index (κ2) is 13.0. The molecule has 1 aliphatic rings. The predicted molar refractivity (Wildman–Crippen MR) is 107 cm³/mol. The standard InChI is InChI=1S/C20H31N3O6/c1-27-19(25)7-4-16-2-5-18(6-3-16)29-15-17(24)14-21-8-9-22-20(26)23-10-12-28-13-11-23/h2-3,5-6,17,21,24H,4,7-15H2,1H3,(H,22,26)/t17-/m1/s1. The highest BCUT2D eigenvalue weighted by Crippen LogP contribution is 2.13. The number of hydrogen-bond donors (Lipinski definition) is 3. The van der Waals surface area contributed by atoms with E-state index in [9.17, 15) is 14.7 Å². The molecule has 0 spiro atoms. The van der Waals surface area contributed by atoms with Gasteiger partial charge in [0.2, 0.25) is 0 Å².